The SMILES string of the molecule is O=C(Nc1ccc(Cl)c(Cl)c1)c1ccc(C2CCCCC2)cc1. The van der Waals surface area contributed by atoms with E-state index >= 15 is 0 Å². The van der Waals surface area contributed by atoms with E-state index in [1.807, 2.05) is 12.1 Å². The molecule has 0 aromatic heterocycles. The van der Waals surface area contributed by atoms with Crippen molar-refractivity contribution in [2.75, 3.05) is 5.32 Å². The second-order valence-corrected chi connectivity index (χ2v) is 6.85. The molecule has 2 aromatic carbocycles. The van der Waals surface area contributed by atoms with Crippen molar-refractivity contribution < 1.29 is 4.79 Å². The Balaban J connectivity index is 1.68. The van der Waals surface area contributed by atoms with E-state index in [4.69, 9.17) is 23.2 Å². The van der Waals surface area contributed by atoms with Crippen molar-refractivity contribution in [2.24, 2.45) is 0 Å². The quantitative estimate of drug-likeness (QED) is 0.693. The first-order chi connectivity index (χ1) is 11.1. The monoisotopic (exact) mass is 347 g/mol. The number of carbonyl (C=O) groups excluding carboxylic acids is 1. The Morgan fingerprint density at radius 3 is 2.26 bits per heavy atom. The van der Waals surface area contributed by atoms with Gasteiger partial charge in [0.15, 0.2) is 0 Å². The van der Waals surface area contributed by atoms with Crippen LogP contribution in [0.1, 0.15) is 53.9 Å². The Morgan fingerprint density at radius 1 is 0.913 bits per heavy atom. The Kier molecular flexibility index (Phi) is 5.24. The molecule has 0 aliphatic heterocycles. The summed E-state index contributed by atoms with van der Waals surface area (Å²) in [6.45, 7) is 0. The van der Waals surface area contributed by atoms with Crippen molar-refractivity contribution in [3.63, 3.8) is 0 Å². The van der Waals surface area contributed by atoms with E-state index in [1.165, 1.54) is 37.7 Å². The van der Waals surface area contributed by atoms with Crippen LogP contribution in [0.3, 0.4) is 0 Å². The van der Waals surface area contributed by atoms with Crippen LogP contribution in [0, 0.1) is 0 Å². The molecule has 2 nitrogen and oxygen atoms in total. The van der Waals surface area contributed by atoms with Gasteiger partial charge in [0, 0.05) is 11.3 Å². The molecule has 1 aliphatic carbocycles. The number of hydrogen-bond donors (Lipinski definition) is 1. The van der Waals surface area contributed by atoms with Crippen molar-refractivity contribution in [2.45, 2.75) is 38.0 Å². The summed E-state index contributed by atoms with van der Waals surface area (Å²) in [5.41, 5.74) is 2.63. The minimum Gasteiger partial charge on any atom is -0.322 e. The zero-order valence-corrected chi connectivity index (χ0v) is 14.3. The number of carbonyl (C=O) groups is 1. The third-order valence-corrected chi connectivity index (χ3v) is 5.17. The van der Waals surface area contributed by atoms with Gasteiger partial charge in [-0.1, -0.05) is 54.6 Å². The fourth-order valence-corrected chi connectivity index (χ4v) is 3.42. The van der Waals surface area contributed by atoms with Crippen LogP contribution in [0.15, 0.2) is 42.5 Å². The van der Waals surface area contributed by atoms with E-state index in [9.17, 15) is 4.79 Å². The van der Waals surface area contributed by atoms with Crippen molar-refractivity contribution >= 4 is 34.8 Å². The van der Waals surface area contributed by atoms with E-state index in [0.717, 1.165) is 0 Å². The van der Waals surface area contributed by atoms with Crippen LogP contribution in [0.2, 0.25) is 10.0 Å². The maximum absolute atomic E-state index is 12.3. The van der Waals surface area contributed by atoms with Crippen molar-refractivity contribution in [3.05, 3.63) is 63.6 Å². The molecular weight excluding hydrogens is 329 g/mol. The highest BCUT2D eigenvalue weighted by atomic mass is 35.5. The van der Waals surface area contributed by atoms with Gasteiger partial charge in [-0.3, -0.25) is 4.79 Å². The minimum atomic E-state index is -0.140. The van der Waals surface area contributed by atoms with Gasteiger partial charge in [0.25, 0.3) is 5.91 Å². The number of amides is 1. The summed E-state index contributed by atoms with van der Waals surface area (Å²) in [6, 6.07) is 13.0. The molecule has 0 atom stereocenters. The molecule has 23 heavy (non-hydrogen) atoms. The third kappa shape index (κ3) is 4.07. The summed E-state index contributed by atoms with van der Waals surface area (Å²) in [5.74, 6) is 0.509. The van der Waals surface area contributed by atoms with Gasteiger partial charge >= 0.3 is 0 Å². The van der Waals surface area contributed by atoms with Gasteiger partial charge in [0.1, 0.15) is 0 Å². The highest BCUT2D eigenvalue weighted by Crippen LogP contribution is 2.32. The van der Waals surface area contributed by atoms with Crippen LogP contribution in [0.25, 0.3) is 0 Å². The number of nitrogens with one attached hydrogen (secondary N) is 1. The van der Waals surface area contributed by atoms with Crippen LogP contribution in [-0.4, -0.2) is 5.91 Å². The van der Waals surface area contributed by atoms with E-state index in [2.05, 4.69) is 17.4 Å². The van der Waals surface area contributed by atoms with Crippen molar-refractivity contribution in [1.29, 1.82) is 0 Å². The molecule has 1 fully saturated rings. The third-order valence-electron chi connectivity index (χ3n) is 4.43. The van der Waals surface area contributed by atoms with Crippen LogP contribution in [0.4, 0.5) is 5.69 Å². The van der Waals surface area contributed by atoms with E-state index in [0.29, 0.717) is 27.2 Å². The lowest BCUT2D eigenvalue weighted by Gasteiger charge is -2.22. The van der Waals surface area contributed by atoms with Gasteiger partial charge in [0.05, 0.1) is 10.0 Å². The first kappa shape index (κ1) is 16.4. The smallest absolute Gasteiger partial charge is 0.255 e. The highest BCUT2D eigenvalue weighted by Gasteiger charge is 2.16. The van der Waals surface area contributed by atoms with E-state index in [-0.39, 0.29) is 5.91 Å². The Bertz CT molecular complexity index is 691. The number of benzene rings is 2. The molecule has 0 bridgehead atoms. The van der Waals surface area contributed by atoms with E-state index < -0.39 is 0 Å². The lowest BCUT2D eigenvalue weighted by Crippen LogP contribution is -2.12. The van der Waals surface area contributed by atoms with Crippen LogP contribution >= 0.6 is 23.2 Å². The standard InChI is InChI=1S/C19H19Cl2NO/c20-17-11-10-16(12-18(17)21)22-19(23)15-8-6-14(7-9-15)13-4-2-1-3-5-13/h6-13H,1-5H2,(H,22,23). The van der Waals surface area contributed by atoms with E-state index in [1.54, 1.807) is 18.2 Å². The predicted molar refractivity (Wildman–Crippen MR) is 96.7 cm³/mol. The van der Waals surface area contributed by atoms with Crippen LogP contribution in [-0.2, 0) is 0 Å². The first-order valence-corrected chi connectivity index (χ1v) is 8.75. The average molecular weight is 348 g/mol. The highest BCUT2D eigenvalue weighted by molar-refractivity contribution is 6.42. The summed E-state index contributed by atoms with van der Waals surface area (Å²) in [7, 11) is 0. The maximum Gasteiger partial charge on any atom is 0.255 e. The minimum absolute atomic E-state index is 0.140. The molecule has 0 radical (unpaired) electrons. The Morgan fingerprint density at radius 2 is 1.61 bits per heavy atom. The fraction of sp³-hybridized carbons (Fsp3) is 0.316. The number of hydrogen-bond acceptors (Lipinski definition) is 1. The van der Waals surface area contributed by atoms with Crippen molar-refractivity contribution in [3.8, 4) is 0 Å². The number of anilines is 1. The molecular formula is C19H19Cl2NO. The normalized spacial score (nSPS) is 15.4. The predicted octanol–water partition coefficient (Wildman–Crippen LogP) is 6.29. The second-order valence-electron chi connectivity index (χ2n) is 6.04. The van der Waals surface area contributed by atoms with Gasteiger partial charge in [-0.05, 0) is 54.7 Å². The summed E-state index contributed by atoms with van der Waals surface area (Å²) < 4.78 is 0. The van der Waals surface area contributed by atoms with Gasteiger partial charge < -0.3 is 5.32 Å². The van der Waals surface area contributed by atoms with Gasteiger partial charge in [-0.15, -0.1) is 0 Å². The first-order valence-electron chi connectivity index (χ1n) is 8.00. The summed E-state index contributed by atoms with van der Waals surface area (Å²) in [4.78, 5) is 12.3. The average Bonchev–Trinajstić information content (AvgIpc) is 2.59. The molecule has 0 heterocycles. The molecule has 0 saturated heterocycles. The molecule has 2 aromatic rings. The van der Waals surface area contributed by atoms with Crippen molar-refractivity contribution in [1.82, 2.24) is 0 Å². The van der Waals surface area contributed by atoms with Gasteiger partial charge in [0.2, 0.25) is 0 Å². The van der Waals surface area contributed by atoms with Crippen LogP contribution < -0.4 is 5.32 Å². The Labute approximate surface area is 146 Å². The topological polar surface area (TPSA) is 29.1 Å². The lowest BCUT2D eigenvalue weighted by molar-refractivity contribution is 0.102. The van der Waals surface area contributed by atoms with Gasteiger partial charge in [-0.2, -0.15) is 0 Å². The summed E-state index contributed by atoms with van der Waals surface area (Å²) >= 11 is 11.8. The molecule has 120 valence electrons. The molecule has 3 rings (SSSR count). The molecule has 1 N–H and O–H groups in total. The summed E-state index contributed by atoms with van der Waals surface area (Å²) in [6.07, 6.45) is 6.48. The van der Waals surface area contributed by atoms with Gasteiger partial charge in [-0.25, -0.2) is 0 Å². The molecule has 0 spiro atoms. The maximum atomic E-state index is 12.3. The number of rotatable bonds is 3. The molecule has 1 amide bonds. The zero-order chi connectivity index (χ0) is 16.2. The zero-order valence-electron chi connectivity index (χ0n) is 12.8. The molecule has 0 unspecified atom stereocenters. The molecule has 1 saturated carbocycles. The summed E-state index contributed by atoms with van der Waals surface area (Å²) in [5, 5.41) is 3.74. The second kappa shape index (κ2) is 7.37. The Hall–Kier alpha value is -1.51. The number of halogens is 2. The molecule has 4 heteroatoms. The lowest BCUT2D eigenvalue weighted by atomic mass is 9.84. The molecule has 1 aliphatic rings. The largest absolute Gasteiger partial charge is 0.322 e. The van der Waals surface area contributed by atoms with Crippen LogP contribution in [0.5, 0.6) is 0 Å². The fourth-order valence-electron chi connectivity index (χ4n) is 3.12.